The van der Waals surface area contributed by atoms with E-state index in [4.69, 9.17) is 4.74 Å². The molecule has 0 bridgehead atoms. The Kier molecular flexibility index (Phi) is 7.23. The molecule has 1 aliphatic carbocycles. The number of para-hydroxylation sites is 1. The number of ether oxygens (including phenoxy) is 1. The minimum atomic E-state index is -4.01. The average Bonchev–Trinajstić information content (AvgIpc) is 2.77. The molecule has 2 atom stereocenters. The van der Waals surface area contributed by atoms with Crippen LogP contribution in [-0.2, 0) is 14.8 Å². The molecule has 3 rings (SSSR count). The number of carbonyl (C=O) groups is 1. The maximum atomic E-state index is 13.5. The lowest BCUT2D eigenvalue weighted by atomic mass is 9.91. The summed E-state index contributed by atoms with van der Waals surface area (Å²) in [6.07, 6.45) is 2.63. The third kappa shape index (κ3) is 5.02. The number of carbonyl (C=O) groups excluding carboxylic acids is 1. The van der Waals surface area contributed by atoms with Crippen molar-refractivity contribution < 1.29 is 23.1 Å². The predicted octanol–water partition coefficient (Wildman–Crippen LogP) is 2.96. The highest BCUT2D eigenvalue weighted by atomic mass is 32.2. The lowest BCUT2D eigenvalue weighted by molar-refractivity contribution is -0.133. The number of anilines is 1. The Hall–Kier alpha value is -2.58. The van der Waals surface area contributed by atoms with Crippen molar-refractivity contribution in [1.82, 2.24) is 4.90 Å². The summed E-state index contributed by atoms with van der Waals surface area (Å²) in [5.41, 5.74) is 1.09. The van der Waals surface area contributed by atoms with Crippen LogP contribution in [0.5, 0.6) is 5.75 Å². The quantitative estimate of drug-likeness (QED) is 0.707. The summed E-state index contributed by atoms with van der Waals surface area (Å²) < 4.78 is 33.5. The number of aliphatic hydroxyl groups is 1. The molecule has 1 saturated carbocycles. The first-order valence-corrected chi connectivity index (χ1v) is 11.9. The third-order valence-corrected chi connectivity index (χ3v) is 7.63. The van der Waals surface area contributed by atoms with Gasteiger partial charge in [-0.25, -0.2) is 8.42 Å². The zero-order chi connectivity index (χ0) is 22.6. The number of rotatable bonds is 7. The van der Waals surface area contributed by atoms with E-state index in [1.54, 1.807) is 56.4 Å². The van der Waals surface area contributed by atoms with Gasteiger partial charge in [0.1, 0.15) is 12.3 Å². The Morgan fingerprint density at radius 3 is 2.42 bits per heavy atom. The normalized spacial score (nSPS) is 19.0. The average molecular weight is 447 g/mol. The molecule has 8 heteroatoms. The Bertz CT molecular complexity index is 1010. The van der Waals surface area contributed by atoms with Crippen molar-refractivity contribution in [2.75, 3.05) is 25.0 Å². The number of hydrogen-bond donors (Lipinski definition) is 1. The molecule has 0 spiro atoms. The number of nitrogens with zero attached hydrogens (tertiary/aromatic N) is 2. The maximum Gasteiger partial charge on any atom is 0.264 e. The first-order valence-electron chi connectivity index (χ1n) is 10.4. The molecule has 2 aromatic carbocycles. The van der Waals surface area contributed by atoms with Crippen molar-refractivity contribution in [2.24, 2.45) is 0 Å². The predicted molar refractivity (Wildman–Crippen MR) is 120 cm³/mol. The number of likely N-dealkylation sites (N-methyl/N-ethyl adjacent to an activating group) is 1. The van der Waals surface area contributed by atoms with Crippen LogP contribution < -0.4 is 9.04 Å². The molecular weight excluding hydrogens is 416 g/mol. The van der Waals surface area contributed by atoms with Crippen molar-refractivity contribution >= 4 is 21.6 Å². The molecule has 0 aliphatic heterocycles. The molecule has 0 saturated heterocycles. The van der Waals surface area contributed by atoms with Gasteiger partial charge < -0.3 is 14.7 Å². The van der Waals surface area contributed by atoms with Gasteiger partial charge in [0.05, 0.1) is 29.8 Å². The van der Waals surface area contributed by atoms with Crippen molar-refractivity contribution in [1.29, 1.82) is 0 Å². The maximum absolute atomic E-state index is 13.5. The summed E-state index contributed by atoms with van der Waals surface area (Å²) in [5, 5.41) is 10.3. The first kappa shape index (κ1) is 23.1. The van der Waals surface area contributed by atoms with Crippen LogP contribution in [0.15, 0.2) is 53.4 Å². The van der Waals surface area contributed by atoms with Gasteiger partial charge in [0.25, 0.3) is 10.0 Å². The molecule has 2 unspecified atom stereocenters. The summed E-state index contributed by atoms with van der Waals surface area (Å²) in [5.74, 6) is 0.232. The van der Waals surface area contributed by atoms with E-state index in [1.807, 2.05) is 0 Å². The fraction of sp³-hybridized carbons (Fsp3) is 0.435. The summed E-state index contributed by atoms with van der Waals surface area (Å²) in [6, 6.07) is 12.9. The Labute approximate surface area is 184 Å². The molecule has 1 aliphatic rings. The molecule has 7 nitrogen and oxygen atoms in total. The van der Waals surface area contributed by atoms with E-state index < -0.39 is 16.1 Å². The molecule has 0 heterocycles. The van der Waals surface area contributed by atoms with Gasteiger partial charge in [-0.2, -0.15) is 0 Å². The fourth-order valence-electron chi connectivity index (χ4n) is 4.01. The van der Waals surface area contributed by atoms with Gasteiger partial charge in [-0.1, -0.05) is 31.0 Å². The third-order valence-electron chi connectivity index (χ3n) is 5.86. The lowest BCUT2D eigenvalue weighted by Crippen LogP contribution is -2.50. The number of aliphatic hydroxyl groups excluding tert-OH is 1. The van der Waals surface area contributed by atoms with Gasteiger partial charge in [0.15, 0.2) is 0 Å². The van der Waals surface area contributed by atoms with Crippen LogP contribution in [0.4, 0.5) is 5.69 Å². The molecule has 0 aromatic heterocycles. The molecule has 168 valence electrons. The molecular formula is C23H30N2O5S. The van der Waals surface area contributed by atoms with Gasteiger partial charge in [0.2, 0.25) is 5.91 Å². The molecule has 0 radical (unpaired) electrons. The first-order chi connectivity index (χ1) is 14.8. The Morgan fingerprint density at radius 2 is 1.81 bits per heavy atom. The van der Waals surface area contributed by atoms with Crippen LogP contribution in [0.3, 0.4) is 0 Å². The van der Waals surface area contributed by atoms with Crippen molar-refractivity contribution in [3.63, 3.8) is 0 Å². The zero-order valence-corrected chi connectivity index (χ0v) is 19.0. The van der Waals surface area contributed by atoms with Gasteiger partial charge in [-0.3, -0.25) is 9.10 Å². The topological polar surface area (TPSA) is 87.2 Å². The number of benzene rings is 2. The van der Waals surface area contributed by atoms with Crippen LogP contribution in [0.2, 0.25) is 0 Å². The van der Waals surface area contributed by atoms with E-state index in [1.165, 1.54) is 18.1 Å². The van der Waals surface area contributed by atoms with Crippen molar-refractivity contribution in [2.45, 2.75) is 49.6 Å². The standard InChI is InChI=1S/C23H30N2O5S/c1-17-15-19(13-14-22(17)30-3)31(28,29)25(18-9-5-4-6-10-18)16-23(27)24(2)20-11-7-8-12-21(20)26/h4-6,9-10,13-15,20-21,26H,7-8,11-12,16H2,1-3H3. The SMILES string of the molecule is COc1ccc(S(=O)(=O)N(CC(=O)N(C)C2CCCCC2O)c2ccccc2)cc1C. The summed E-state index contributed by atoms with van der Waals surface area (Å²) >= 11 is 0. The number of hydrogen-bond acceptors (Lipinski definition) is 5. The van der Waals surface area contributed by atoms with E-state index in [0.29, 0.717) is 29.8 Å². The second-order valence-corrected chi connectivity index (χ2v) is 9.76. The van der Waals surface area contributed by atoms with E-state index in [-0.39, 0.29) is 23.4 Å². The number of sulfonamides is 1. The van der Waals surface area contributed by atoms with E-state index in [2.05, 4.69) is 0 Å². The lowest BCUT2D eigenvalue weighted by Gasteiger charge is -2.36. The van der Waals surface area contributed by atoms with Crippen LogP contribution >= 0.6 is 0 Å². The van der Waals surface area contributed by atoms with Crippen LogP contribution in [0.25, 0.3) is 0 Å². The van der Waals surface area contributed by atoms with Crippen molar-refractivity contribution in [3.05, 3.63) is 54.1 Å². The van der Waals surface area contributed by atoms with Gasteiger partial charge >= 0.3 is 0 Å². The van der Waals surface area contributed by atoms with Crippen molar-refractivity contribution in [3.8, 4) is 5.75 Å². The van der Waals surface area contributed by atoms with E-state index in [0.717, 1.165) is 17.1 Å². The summed E-state index contributed by atoms with van der Waals surface area (Å²) in [6.45, 7) is 1.42. The fourth-order valence-corrected chi connectivity index (χ4v) is 5.51. The minimum Gasteiger partial charge on any atom is -0.496 e. The van der Waals surface area contributed by atoms with Gasteiger partial charge in [-0.05, 0) is 55.7 Å². The zero-order valence-electron chi connectivity index (χ0n) is 18.2. The highest BCUT2D eigenvalue weighted by molar-refractivity contribution is 7.92. The molecule has 2 aromatic rings. The molecule has 31 heavy (non-hydrogen) atoms. The monoisotopic (exact) mass is 446 g/mol. The van der Waals surface area contributed by atoms with E-state index >= 15 is 0 Å². The van der Waals surface area contributed by atoms with Crippen LogP contribution in [0, 0.1) is 6.92 Å². The van der Waals surface area contributed by atoms with Crippen LogP contribution in [0.1, 0.15) is 31.2 Å². The smallest absolute Gasteiger partial charge is 0.264 e. The number of aryl methyl sites for hydroxylation is 1. The molecule has 1 amide bonds. The molecule has 1 N–H and O–H groups in total. The minimum absolute atomic E-state index is 0.0859. The van der Waals surface area contributed by atoms with Gasteiger partial charge in [-0.15, -0.1) is 0 Å². The van der Waals surface area contributed by atoms with Gasteiger partial charge in [0, 0.05) is 7.05 Å². The second kappa shape index (κ2) is 9.70. The van der Waals surface area contributed by atoms with E-state index in [9.17, 15) is 18.3 Å². The Morgan fingerprint density at radius 1 is 1.13 bits per heavy atom. The highest BCUT2D eigenvalue weighted by Crippen LogP contribution is 2.28. The largest absolute Gasteiger partial charge is 0.496 e. The molecule has 1 fully saturated rings. The second-order valence-electron chi connectivity index (χ2n) is 7.90. The highest BCUT2D eigenvalue weighted by Gasteiger charge is 2.33. The number of methoxy groups -OCH3 is 1. The number of amides is 1. The Balaban J connectivity index is 1.93. The van der Waals surface area contributed by atoms with Crippen LogP contribution in [-0.4, -0.2) is 57.2 Å². The summed E-state index contributed by atoms with van der Waals surface area (Å²) in [4.78, 5) is 14.7. The summed E-state index contributed by atoms with van der Waals surface area (Å²) in [7, 11) is -0.844.